The molecule has 3 rings (SSSR count). The topological polar surface area (TPSA) is 102 Å². The monoisotopic (exact) mass is 271 g/mol. The first-order valence-corrected chi connectivity index (χ1v) is 6.03. The Kier molecular flexibility index (Phi) is 2.50. The van der Waals surface area contributed by atoms with Crippen LogP contribution in [0.25, 0.3) is 0 Å². The number of nitrogens with one attached hydrogen (secondary N) is 2. The first kappa shape index (κ1) is 12.2. The van der Waals surface area contributed by atoms with Crippen molar-refractivity contribution in [3.63, 3.8) is 0 Å². The maximum absolute atomic E-state index is 11.6. The van der Waals surface area contributed by atoms with E-state index in [9.17, 15) is 9.59 Å². The van der Waals surface area contributed by atoms with E-state index in [-0.39, 0.29) is 11.8 Å². The lowest BCUT2D eigenvalue weighted by atomic mass is 10.1. The number of nitrogen functional groups attached to an aromatic ring is 1. The van der Waals surface area contributed by atoms with Gasteiger partial charge in [0.15, 0.2) is 5.82 Å². The molecule has 1 aromatic carbocycles. The summed E-state index contributed by atoms with van der Waals surface area (Å²) in [5, 5.41) is 9.56. The van der Waals surface area contributed by atoms with Crippen LogP contribution in [0.1, 0.15) is 26.4 Å². The third-order valence-electron chi connectivity index (χ3n) is 3.27. The Morgan fingerprint density at radius 1 is 1.25 bits per heavy atom. The highest BCUT2D eigenvalue weighted by atomic mass is 16.2. The first-order chi connectivity index (χ1) is 9.47. The van der Waals surface area contributed by atoms with Crippen molar-refractivity contribution >= 4 is 29.0 Å². The number of aryl methyl sites for hydroxylation is 2. The Balaban J connectivity index is 1.99. The molecule has 0 saturated heterocycles. The van der Waals surface area contributed by atoms with Gasteiger partial charge in [-0.2, -0.15) is 5.10 Å². The zero-order valence-electron chi connectivity index (χ0n) is 11.0. The van der Waals surface area contributed by atoms with Gasteiger partial charge in [-0.05, 0) is 25.1 Å². The van der Waals surface area contributed by atoms with E-state index in [1.807, 2.05) is 6.92 Å². The van der Waals surface area contributed by atoms with Crippen LogP contribution >= 0.6 is 0 Å². The van der Waals surface area contributed by atoms with Crippen LogP contribution in [-0.4, -0.2) is 21.6 Å². The van der Waals surface area contributed by atoms with Crippen LogP contribution in [0.15, 0.2) is 18.2 Å². The van der Waals surface area contributed by atoms with Crippen LogP contribution in [0.5, 0.6) is 0 Å². The summed E-state index contributed by atoms with van der Waals surface area (Å²) < 4.78 is 1.63. The second-order valence-electron chi connectivity index (χ2n) is 4.64. The number of fused-ring (bicyclic) bond motifs is 1. The molecule has 0 aliphatic carbocycles. The number of benzene rings is 1. The first-order valence-electron chi connectivity index (χ1n) is 6.03. The van der Waals surface area contributed by atoms with Crippen molar-refractivity contribution in [1.29, 1.82) is 0 Å². The second kappa shape index (κ2) is 4.09. The standard InChI is InChI=1S/C13H13N5O2/c1-6-10(14)11(18(2)17-6)15-7-3-4-8-9(5-7)13(20)16-12(8)19/h3-5,15H,14H2,1-2H3,(H,16,19,20). The molecule has 20 heavy (non-hydrogen) atoms. The fraction of sp³-hybridized carbons (Fsp3) is 0.154. The van der Waals surface area contributed by atoms with Gasteiger partial charge in [-0.1, -0.05) is 0 Å². The van der Waals surface area contributed by atoms with E-state index >= 15 is 0 Å². The van der Waals surface area contributed by atoms with Gasteiger partial charge in [0.25, 0.3) is 11.8 Å². The van der Waals surface area contributed by atoms with Gasteiger partial charge in [-0.3, -0.25) is 19.6 Å². The number of carbonyl (C=O) groups excluding carboxylic acids is 2. The Bertz CT molecular complexity index is 747. The molecule has 2 heterocycles. The van der Waals surface area contributed by atoms with Gasteiger partial charge in [0.2, 0.25) is 0 Å². The van der Waals surface area contributed by atoms with Crippen molar-refractivity contribution in [2.45, 2.75) is 6.92 Å². The smallest absolute Gasteiger partial charge is 0.259 e. The summed E-state index contributed by atoms with van der Waals surface area (Å²) in [7, 11) is 1.77. The number of carbonyl (C=O) groups is 2. The van der Waals surface area contributed by atoms with Gasteiger partial charge in [0.05, 0.1) is 22.5 Å². The normalized spacial score (nSPS) is 13.3. The van der Waals surface area contributed by atoms with Crippen LogP contribution in [0, 0.1) is 6.92 Å². The number of hydrogen-bond donors (Lipinski definition) is 3. The van der Waals surface area contributed by atoms with Crippen LogP contribution < -0.4 is 16.4 Å². The molecule has 1 aromatic heterocycles. The molecule has 7 heteroatoms. The lowest BCUT2D eigenvalue weighted by Crippen LogP contribution is -2.19. The molecule has 0 spiro atoms. The van der Waals surface area contributed by atoms with Crippen LogP contribution in [0.3, 0.4) is 0 Å². The molecule has 2 aromatic rings. The van der Waals surface area contributed by atoms with Crippen molar-refractivity contribution < 1.29 is 9.59 Å². The fourth-order valence-electron chi connectivity index (χ4n) is 2.21. The molecule has 1 aliphatic rings. The number of rotatable bonds is 2. The largest absolute Gasteiger partial charge is 0.394 e. The molecule has 0 radical (unpaired) electrons. The molecule has 0 unspecified atom stereocenters. The SMILES string of the molecule is Cc1nn(C)c(Nc2ccc3c(c2)C(=O)NC3=O)c1N. The van der Waals surface area contributed by atoms with E-state index in [2.05, 4.69) is 15.7 Å². The van der Waals surface area contributed by atoms with Crippen molar-refractivity contribution in [1.82, 2.24) is 15.1 Å². The van der Waals surface area contributed by atoms with E-state index in [1.165, 1.54) is 0 Å². The minimum atomic E-state index is -0.386. The van der Waals surface area contributed by atoms with E-state index < -0.39 is 0 Å². The molecular formula is C13H13N5O2. The Morgan fingerprint density at radius 3 is 2.60 bits per heavy atom. The number of nitrogens with two attached hydrogens (primary N) is 1. The van der Waals surface area contributed by atoms with Gasteiger partial charge < -0.3 is 11.1 Å². The molecular weight excluding hydrogens is 258 g/mol. The minimum Gasteiger partial charge on any atom is -0.394 e. The van der Waals surface area contributed by atoms with Crippen molar-refractivity contribution in [2.75, 3.05) is 11.1 Å². The average Bonchev–Trinajstić information content (AvgIpc) is 2.81. The summed E-state index contributed by atoms with van der Waals surface area (Å²) in [6, 6.07) is 4.95. The van der Waals surface area contributed by atoms with Crippen LogP contribution in [0.4, 0.5) is 17.2 Å². The van der Waals surface area contributed by atoms with Gasteiger partial charge in [-0.25, -0.2) is 0 Å². The maximum Gasteiger partial charge on any atom is 0.259 e. The molecule has 0 saturated carbocycles. The summed E-state index contributed by atoms with van der Waals surface area (Å²) >= 11 is 0. The molecule has 7 nitrogen and oxygen atoms in total. The highest BCUT2D eigenvalue weighted by molar-refractivity contribution is 6.21. The third kappa shape index (κ3) is 1.71. The van der Waals surface area contributed by atoms with Crippen LogP contribution in [0.2, 0.25) is 0 Å². The third-order valence-corrected chi connectivity index (χ3v) is 3.27. The summed E-state index contributed by atoms with van der Waals surface area (Å²) in [4.78, 5) is 23.1. The zero-order valence-corrected chi connectivity index (χ0v) is 11.0. The number of aromatic nitrogens is 2. The van der Waals surface area contributed by atoms with Gasteiger partial charge in [0.1, 0.15) is 0 Å². The van der Waals surface area contributed by atoms with E-state index in [0.29, 0.717) is 28.3 Å². The number of anilines is 3. The van der Waals surface area contributed by atoms with Gasteiger partial charge >= 0.3 is 0 Å². The molecule has 1 aliphatic heterocycles. The highest BCUT2D eigenvalue weighted by Gasteiger charge is 2.26. The molecule has 0 fully saturated rings. The summed E-state index contributed by atoms with van der Waals surface area (Å²) in [6.45, 7) is 1.81. The van der Waals surface area contributed by atoms with Gasteiger partial charge in [0, 0.05) is 12.7 Å². The summed E-state index contributed by atoms with van der Waals surface area (Å²) in [5.41, 5.74) is 8.62. The lowest BCUT2D eigenvalue weighted by Gasteiger charge is -2.08. The van der Waals surface area contributed by atoms with Crippen molar-refractivity contribution in [3.05, 3.63) is 35.0 Å². The molecule has 0 atom stereocenters. The molecule has 0 bridgehead atoms. The lowest BCUT2D eigenvalue weighted by molar-refractivity contribution is 0.0879. The quantitative estimate of drug-likeness (QED) is 0.705. The Morgan fingerprint density at radius 2 is 1.95 bits per heavy atom. The number of imide groups is 1. The second-order valence-corrected chi connectivity index (χ2v) is 4.64. The zero-order chi connectivity index (χ0) is 14.4. The van der Waals surface area contributed by atoms with Crippen LogP contribution in [-0.2, 0) is 7.05 Å². The maximum atomic E-state index is 11.6. The van der Waals surface area contributed by atoms with E-state index in [1.54, 1.807) is 29.9 Å². The number of amides is 2. The molecule has 4 N–H and O–H groups in total. The average molecular weight is 271 g/mol. The molecule has 2 amide bonds. The predicted octanol–water partition coefficient (Wildman–Crippen LogP) is 0.938. The number of hydrogen-bond acceptors (Lipinski definition) is 5. The summed E-state index contributed by atoms with van der Waals surface area (Å²) in [5.74, 6) is -0.109. The Hall–Kier alpha value is -2.83. The van der Waals surface area contributed by atoms with E-state index in [0.717, 1.165) is 5.69 Å². The van der Waals surface area contributed by atoms with Gasteiger partial charge in [-0.15, -0.1) is 0 Å². The highest BCUT2D eigenvalue weighted by Crippen LogP contribution is 2.27. The fourth-order valence-corrected chi connectivity index (χ4v) is 2.21. The summed E-state index contributed by atoms with van der Waals surface area (Å²) in [6.07, 6.45) is 0. The number of nitrogens with zero attached hydrogens (tertiary/aromatic N) is 2. The molecule has 102 valence electrons. The Labute approximate surface area is 114 Å². The van der Waals surface area contributed by atoms with Crippen molar-refractivity contribution in [3.8, 4) is 0 Å². The van der Waals surface area contributed by atoms with E-state index in [4.69, 9.17) is 5.73 Å². The minimum absolute atomic E-state index is 0.359. The van der Waals surface area contributed by atoms with Crippen molar-refractivity contribution in [2.24, 2.45) is 7.05 Å². The predicted molar refractivity (Wildman–Crippen MR) is 73.9 cm³/mol.